The predicted molar refractivity (Wildman–Crippen MR) is 103 cm³/mol. The Bertz CT molecular complexity index is 944. The van der Waals surface area contributed by atoms with Crippen LogP contribution in [-0.4, -0.2) is 33.2 Å². The van der Waals surface area contributed by atoms with Crippen molar-refractivity contribution in [1.29, 1.82) is 0 Å². The van der Waals surface area contributed by atoms with E-state index in [4.69, 9.17) is 42.1 Å². The Balaban J connectivity index is 2.04. The van der Waals surface area contributed by atoms with Gasteiger partial charge in [0, 0.05) is 5.56 Å². The average Bonchev–Trinajstić information content (AvgIpc) is 3.04. The van der Waals surface area contributed by atoms with Crippen molar-refractivity contribution in [2.45, 2.75) is 0 Å². The van der Waals surface area contributed by atoms with Gasteiger partial charge < -0.3 is 18.9 Å². The van der Waals surface area contributed by atoms with Crippen LogP contribution < -0.4 is 14.2 Å². The van der Waals surface area contributed by atoms with E-state index < -0.39 is 5.97 Å². The van der Waals surface area contributed by atoms with Gasteiger partial charge in [0.15, 0.2) is 17.2 Å². The summed E-state index contributed by atoms with van der Waals surface area (Å²) in [6.45, 7) is 0. The van der Waals surface area contributed by atoms with Crippen molar-refractivity contribution in [3.63, 3.8) is 0 Å². The van der Waals surface area contributed by atoms with Gasteiger partial charge in [-0.1, -0.05) is 35.3 Å². The van der Waals surface area contributed by atoms with Gasteiger partial charge in [-0.2, -0.15) is 0 Å². The van der Waals surface area contributed by atoms with E-state index in [-0.39, 0.29) is 11.6 Å². The number of hydrogen-bond donors (Lipinski definition) is 0. The number of carbonyl (C=O) groups is 1. The van der Waals surface area contributed by atoms with E-state index in [9.17, 15) is 4.79 Å². The summed E-state index contributed by atoms with van der Waals surface area (Å²) in [6.07, 6.45) is 1.52. The number of nitrogens with zero attached hydrogens (tertiary/aromatic N) is 1. The molecule has 27 heavy (non-hydrogen) atoms. The molecule has 1 aliphatic rings. The molecule has 0 bridgehead atoms. The average molecular weight is 408 g/mol. The standard InChI is InChI=1S/C19H15Cl2NO5/c1-24-14-8-11(9-15(25-2)17(14)26-3)18-22-13(19(23)27-18)7-10-5-4-6-12(20)16(10)21/h4-9H,1-3H3. The van der Waals surface area contributed by atoms with Gasteiger partial charge in [0.05, 0.1) is 31.4 Å². The molecule has 0 aliphatic carbocycles. The maximum atomic E-state index is 12.2. The monoisotopic (exact) mass is 407 g/mol. The van der Waals surface area contributed by atoms with Crippen molar-refractivity contribution >= 4 is 41.1 Å². The molecule has 140 valence electrons. The SMILES string of the molecule is COc1cc(C2=NC(=Cc3cccc(Cl)c3Cl)C(=O)O2)cc(OC)c1OC. The van der Waals surface area contributed by atoms with Crippen molar-refractivity contribution in [3.05, 3.63) is 57.2 Å². The molecule has 1 heterocycles. The molecule has 1 aliphatic heterocycles. The lowest BCUT2D eigenvalue weighted by atomic mass is 10.1. The Morgan fingerprint density at radius 2 is 1.70 bits per heavy atom. The highest BCUT2D eigenvalue weighted by atomic mass is 35.5. The summed E-state index contributed by atoms with van der Waals surface area (Å²) < 4.78 is 21.2. The quantitative estimate of drug-likeness (QED) is 0.543. The molecular weight excluding hydrogens is 393 g/mol. The molecule has 0 saturated carbocycles. The number of aliphatic imine (C=N–C) groups is 1. The summed E-state index contributed by atoms with van der Waals surface area (Å²) in [5, 5.41) is 0.710. The summed E-state index contributed by atoms with van der Waals surface area (Å²) in [6, 6.07) is 8.39. The minimum absolute atomic E-state index is 0.0999. The highest BCUT2D eigenvalue weighted by Crippen LogP contribution is 2.39. The van der Waals surface area contributed by atoms with Crippen molar-refractivity contribution in [3.8, 4) is 17.2 Å². The Hall–Kier alpha value is -2.70. The van der Waals surface area contributed by atoms with Crippen LogP contribution in [0.25, 0.3) is 6.08 Å². The molecule has 3 rings (SSSR count). The molecule has 0 amide bonds. The minimum atomic E-state index is -0.602. The van der Waals surface area contributed by atoms with Crippen LogP contribution in [0.5, 0.6) is 17.2 Å². The van der Waals surface area contributed by atoms with Gasteiger partial charge in [-0.05, 0) is 29.8 Å². The number of ether oxygens (including phenoxy) is 4. The Kier molecular flexibility index (Phi) is 5.58. The first-order valence-electron chi connectivity index (χ1n) is 7.75. The number of carbonyl (C=O) groups excluding carboxylic acids is 1. The number of rotatable bonds is 5. The lowest BCUT2D eigenvalue weighted by Crippen LogP contribution is -2.06. The van der Waals surface area contributed by atoms with E-state index in [2.05, 4.69) is 4.99 Å². The van der Waals surface area contributed by atoms with E-state index in [0.29, 0.717) is 38.4 Å². The van der Waals surface area contributed by atoms with Crippen LogP contribution in [0.2, 0.25) is 10.0 Å². The number of benzene rings is 2. The van der Waals surface area contributed by atoms with Crippen molar-refractivity contribution in [2.75, 3.05) is 21.3 Å². The number of methoxy groups -OCH3 is 3. The zero-order valence-corrected chi connectivity index (χ0v) is 16.2. The first kappa shape index (κ1) is 19.1. The summed E-state index contributed by atoms with van der Waals surface area (Å²) in [7, 11) is 4.49. The fourth-order valence-corrected chi connectivity index (χ4v) is 2.88. The third-order valence-corrected chi connectivity index (χ3v) is 4.64. The van der Waals surface area contributed by atoms with E-state index in [1.807, 2.05) is 0 Å². The van der Waals surface area contributed by atoms with Gasteiger partial charge in [-0.3, -0.25) is 0 Å². The summed E-state index contributed by atoms with van der Waals surface area (Å²) in [5.74, 6) is 0.774. The lowest BCUT2D eigenvalue weighted by Gasteiger charge is -2.13. The molecule has 2 aromatic rings. The third kappa shape index (κ3) is 3.72. The number of halogens is 2. The summed E-state index contributed by atoms with van der Waals surface area (Å²) >= 11 is 12.2. The van der Waals surface area contributed by atoms with Crippen molar-refractivity contribution < 1.29 is 23.7 Å². The van der Waals surface area contributed by atoms with E-state index >= 15 is 0 Å². The van der Waals surface area contributed by atoms with Gasteiger partial charge in [0.2, 0.25) is 11.6 Å². The van der Waals surface area contributed by atoms with Gasteiger partial charge in [0.1, 0.15) is 0 Å². The molecule has 0 saturated heterocycles. The number of esters is 1. The molecule has 0 atom stereocenters. The van der Waals surface area contributed by atoms with Crippen LogP contribution >= 0.6 is 23.2 Å². The Labute approximate surface area is 165 Å². The van der Waals surface area contributed by atoms with Gasteiger partial charge >= 0.3 is 5.97 Å². The molecule has 6 nitrogen and oxygen atoms in total. The van der Waals surface area contributed by atoms with Crippen LogP contribution in [-0.2, 0) is 9.53 Å². The fraction of sp³-hybridized carbons (Fsp3) is 0.158. The van der Waals surface area contributed by atoms with E-state index in [0.717, 1.165) is 0 Å². The lowest BCUT2D eigenvalue weighted by molar-refractivity contribution is -0.129. The third-order valence-electron chi connectivity index (χ3n) is 3.81. The molecule has 0 N–H and O–H groups in total. The second-order valence-electron chi connectivity index (χ2n) is 5.39. The molecule has 0 radical (unpaired) electrons. The molecule has 0 aromatic heterocycles. The van der Waals surface area contributed by atoms with Gasteiger partial charge in [0.25, 0.3) is 0 Å². The van der Waals surface area contributed by atoms with Crippen molar-refractivity contribution in [1.82, 2.24) is 0 Å². The minimum Gasteiger partial charge on any atom is -0.493 e. The van der Waals surface area contributed by atoms with Crippen molar-refractivity contribution in [2.24, 2.45) is 4.99 Å². The normalized spacial score (nSPS) is 14.8. The first-order valence-corrected chi connectivity index (χ1v) is 8.51. The molecule has 0 spiro atoms. The smallest absolute Gasteiger partial charge is 0.363 e. The zero-order chi connectivity index (χ0) is 19.6. The van der Waals surface area contributed by atoms with E-state index in [1.165, 1.54) is 27.4 Å². The topological polar surface area (TPSA) is 66.4 Å². The zero-order valence-electron chi connectivity index (χ0n) is 14.7. The Morgan fingerprint density at radius 1 is 1.04 bits per heavy atom. The van der Waals surface area contributed by atoms with Crippen LogP contribution in [0, 0.1) is 0 Å². The maximum Gasteiger partial charge on any atom is 0.363 e. The van der Waals surface area contributed by atoms with E-state index in [1.54, 1.807) is 30.3 Å². The highest BCUT2D eigenvalue weighted by molar-refractivity contribution is 6.43. The van der Waals surface area contributed by atoms with Gasteiger partial charge in [-0.15, -0.1) is 0 Å². The second kappa shape index (κ2) is 7.90. The first-order chi connectivity index (χ1) is 13.0. The largest absolute Gasteiger partial charge is 0.493 e. The number of cyclic esters (lactones) is 1. The van der Waals surface area contributed by atoms with Crippen LogP contribution in [0.4, 0.5) is 0 Å². The molecular formula is C19H15Cl2NO5. The predicted octanol–water partition coefficient (Wildman–Crippen LogP) is 4.36. The van der Waals surface area contributed by atoms with Crippen LogP contribution in [0.3, 0.4) is 0 Å². The Morgan fingerprint density at radius 3 is 2.30 bits per heavy atom. The fourth-order valence-electron chi connectivity index (χ4n) is 2.52. The van der Waals surface area contributed by atoms with Crippen LogP contribution in [0.15, 0.2) is 41.0 Å². The maximum absolute atomic E-state index is 12.2. The number of hydrogen-bond acceptors (Lipinski definition) is 6. The second-order valence-corrected chi connectivity index (χ2v) is 6.18. The molecule has 0 fully saturated rings. The molecule has 0 unspecified atom stereocenters. The van der Waals surface area contributed by atoms with Crippen LogP contribution in [0.1, 0.15) is 11.1 Å². The molecule has 8 heteroatoms. The summed E-state index contributed by atoms with van der Waals surface area (Å²) in [4.78, 5) is 16.5. The highest BCUT2D eigenvalue weighted by Gasteiger charge is 2.26. The summed E-state index contributed by atoms with van der Waals surface area (Å²) in [5.41, 5.74) is 1.16. The molecule has 2 aromatic carbocycles. The van der Waals surface area contributed by atoms with Gasteiger partial charge in [-0.25, -0.2) is 9.79 Å².